The molecule has 0 bridgehead atoms. The standard InChI is InChI=1S/C20H21N3O3/c1-2-25-17-7-4-3-6-14(17)12-23-10-9-15-16(13-23)21-19(22-20(15)24)18-8-5-11-26-18/h3-8,11H,2,9-10,12-13H2,1H3,(H,21,22,24). The zero-order valence-electron chi connectivity index (χ0n) is 14.7. The van der Waals surface area contributed by atoms with Crippen molar-refractivity contribution in [1.29, 1.82) is 0 Å². The van der Waals surface area contributed by atoms with Gasteiger partial charge in [-0.25, -0.2) is 4.98 Å². The van der Waals surface area contributed by atoms with Crippen molar-refractivity contribution >= 4 is 0 Å². The Morgan fingerprint density at radius 3 is 2.96 bits per heavy atom. The van der Waals surface area contributed by atoms with Gasteiger partial charge in [0.15, 0.2) is 11.6 Å². The normalized spacial score (nSPS) is 14.2. The highest BCUT2D eigenvalue weighted by atomic mass is 16.5. The van der Waals surface area contributed by atoms with Crippen molar-refractivity contribution in [2.45, 2.75) is 26.4 Å². The van der Waals surface area contributed by atoms with E-state index in [2.05, 4.69) is 20.9 Å². The van der Waals surface area contributed by atoms with E-state index >= 15 is 0 Å². The maximum atomic E-state index is 12.4. The van der Waals surface area contributed by atoms with E-state index in [0.29, 0.717) is 31.2 Å². The van der Waals surface area contributed by atoms with Crippen LogP contribution in [-0.4, -0.2) is 28.0 Å². The van der Waals surface area contributed by atoms with Gasteiger partial charge < -0.3 is 14.1 Å². The Labute approximate surface area is 151 Å². The molecule has 0 aliphatic carbocycles. The van der Waals surface area contributed by atoms with Crippen molar-refractivity contribution in [3.05, 3.63) is 69.8 Å². The topological polar surface area (TPSA) is 71.4 Å². The summed E-state index contributed by atoms with van der Waals surface area (Å²) in [7, 11) is 0. The Kier molecular flexibility index (Phi) is 4.58. The molecule has 0 unspecified atom stereocenters. The zero-order valence-corrected chi connectivity index (χ0v) is 14.7. The quantitative estimate of drug-likeness (QED) is 0.765. The molecule has 1 aliphatic heterocycles. The van der Waals surface area contributed by atoms with E-state index in [4.69, 9.17) is 9.15 Å². The fourth-order valence-corrected chi connectivity index (χ4v) is 3.33. The van der Waals surface area contributed by atoms with Crippen LogP contribution in [0.4, 0.5) is 0 Å². The Balaban J connectivity index is 1.59. The molecule has 0 spiro atoms. The van der Waals surface area contributed by atoms with Crippen molar-refractivity contribution in [3.8, 4) is 17.3 Å². The van der Waals surface area contributed by atoms with Gasteiger partial charge in [0.2, 0.25) is 0 Å². The van der Waals surface area contributed by atoms with Gasteiger partial charge in [-0.15, -0.1) is 0 Å². The summed E-state index contributed by atoms with van der Waals surface area (Å²) in [5, 5.41) is 0. The Hall–Kier alpha value is -2.86. The average Bonchev–Trinajstić information content (AvgIpc) is 3.18. The molecule has 26 heavy (non-hydrogen) atoms. The number of hydrogen-bond acceptors (Lipinski definition) is 5. The van der Waals surface area contributed by atoms with Crippen molar-refractivity contribution in [1.82, 2.24) is 14.9 Å². The number of H-pyrrole nitrogens is 1. The molecule has 6 nitrogen and oxygen atoms in total. The first-order valence-electron chi connectivity index (χ1n) is 8.83. The van der Waals surface area contributed by atoms with Crippen LogP contribution in [0.1, 0.15) is 23.7 Å². The van der Waals surface area contributed by atoms with Crippen LogP contribution < -0.4 is 10.3 Å². The number of rotatable bonds is 5. The van der Waals surface area contributed by atoms with Crippen molar-refractivity contribution < 1.29 is 9.15 Å². The first-order valence-corrected chi connectivity index (χ1v) is 8.83. The molecule has 0 fully saturated rings. The number of benzene rings is 1. The van der Waals surface area contributed by atoms with Crippen LogP contribution >= 0.6 is 0 Å². The number of nitrogens with zero attached hydrogens (tertiary/aromatic N) is 2. The molecule has 134 valence electrons. The number of ether oxygens (including phenoxy) is 1. The van der Waals surface area contributed by atoms with Crippen LogP contribution in [0.2, 0.25) is 0 Å². The highest BCUT2D eigenvalue weighted by Gasteiger charge is 2.22. The summed E-state index contributed by atoms with van der Waals surface area (Å²) in [6, 6.07) is 11.7. The number of fused-ring (bicyclic) bond motifs is 1. The molecule has 0 amide bonds. The third kappa shape index (κ3) is 3.28. The van der Waals surface area contributed by atoms with Gasteiger partial charge in [-0.1, -0.05) is 18.2 Å². The minimum absolute atomic E-state index is 0.0734. The molecular formula is C20H21N3O3. The Morgan fingerprint density at radius 2 is 2.15 bits per heavy atom. The van der Waals surface area contributed by atoms with Crippen molar-refractivity contribution in [3.63, 3.8) is 0 Å². The third-order valence-electron chi connectivity index (χ3n) is 4.57. The predicted octanol–water partition coefficient (Wildman–Crippen LogP) is 2.99. The lowest BCUT2D eigenvalue weighted by atomic mass is 10.1. The lowest BCUT2D eigenvalue weighted by molar-refractivity contribution is 0.234. The van der Waals surface area contributed by atoms with E-state index in [1.807, 2.05) is 25.1 Å². The SMILES string of the molecule is CCOc1ccccc1CN1CCc2c(nc(-c3ccco3)[nH]c2=O)C1. The molecule has 3 aromatic rings. The van der Waals surface area contributed by atoms with Gasteiger partial charge >= 0.3 is 0 Å². The first-order chi connectivity index (χ1) is 12.7. The minimum Gasteiger partial charge on any atom is -0.494 e. The summed E-state index contributed by atoms with van der Waals surface area (Å²) in [5.41, 5.74) is 2.67. The minimum atomic E-state index is -0.0734. The lowest BCUT2D eigenvalue weighted by Crippen LogP contribution is -2.35. The van der Waals surface area contributed by atoms with Gasteiger partial charge in [0.05, 0.1) is 18.6 Å². The van der Waals surface area contributed by atoms with E-state index in [0.717, 1.165) is 35.7 Å². The summed E-state index contributed by atoms with van der Waals surface area (Å²) < 4.78 is 11.1. The molecule has 2 aromatic heterocycles. The van der Waals surface area contributed by atoms with Crippen LogP contribution in [0.15, 0.2) is 51.9 Å². The smallest absolute Gasteiger partial charge is 0.254 e. The van der Waals surface area contributed by atoms with Gasteiger partial charge in [-0.05, 0) is 31.5 Å². The van der Waals surface area contributed by atoms with Gasteiger partial charge in [-0.3, -0.25) is 9.69 Å². The van der Waals surface area contributed by atoms with Crippen LogP contribution in [-0.2, 0) is 19.5 Å². The average molecular weight is 351 g/mol. The summed E-state index contributed by atoms with van der Waals surface area (Å²) >= 11 is 0. The summed E-state index contributed by atoms with van der Waals surface area (Å²) in [5.74, 6) is 1.97. The second-order valence-corrected chi connectivity index (χ2v) is 6.32. The zero-order chi connectivity index (χ0) is 17.9. The highest BCUT2D eigenvalue weighted by Crippen LogP contribution is 2.24. The number of para-hydroxylation sites is 1. The number of aromatic amines is 1. The molecule has 3 heterocycles. The first kappa shape index (κ1) is 16.6. The molecule has 0 saturated heterocycles. The highest BCUT2D eigenvalue weighted by molar-refractivity contribution is 5.47. The summed E-state index contributed by atoms with van der Waals surface area (Å²) in [6.07, 6.45) is 2.26. The number of hydrogen-bond donors (Lipinski definition) is 1. The van der Waals surface area contributed by atoms with Crippen molar-refractivity contribution in [2.24, 2.45) is 0 Å². The van der Waals surface area contributed by atoms with Gasteiger partial charge in [0, 0.05) is 30.8 Å². The van der Waals surface area contributed by atoms with E-state index in [9.17, 15) is 4.79 Å². The third-order valence-corrected chi connectivity index (χ3v) is 4.57. The summed E-state index contributed by atoms with van der Waals surface area (Å²) in [6.45, 7) is 4.84. The molecule has 0 atom stereocenters. The van der Waals surface area contributed by atoms with Crippen LogP contribution in [0.5, 0.6) is 5.75 Å². The fraction of sp³-hybridized carbons (Fsp3) is 0.300. The lowest BCUT2D eigenvalue weighted by Gasteiger charge is -2.28. The predicted molar refractivity (Wildman–Crippen MR) is 98.0 cm³/mol. The largest absolute Gasteiger partial charge is 0.494 e. The Bertz CT molecular complexity index is 947. The second-order valence-electron chi connectivity index (χ2n) is 6.32. The van der Waals surface area contributed by atoms with Crippen LogP contribution in [0.3, 0.4) is 0 Å². The Morgan fingerprint density at radius 1 is 1.27 bits per heavy atom. The molecular weight excluding hydrogens is 330 g/mol. The van der Waals surface area contributed by atoms with Gasteiger partial charge in [0.1, 0.15) is 5.75 Å². The van der Waals surface area contributed by atoms with E-state index in [1.54, 1.807) is 18.4 Å². The second kappa shape index (κ2) is 7.17. The molecule has 1 aromatic carbocycles. The maximum absolute atomic E-state index is 12.4. The number of furan rings is 1. The monoisotopic (exact) mass is 351 g/mol. The molecule has 0 saturated carbocycles. The number of aromatic nitrogens is 2. The molecule has 0 radical (unpaired) electrons. The van der Waals surface area contributed by atoms with E-state index in [-0.39, 0.29) is 5.56 Å². The van der Waals surface area contributed by atoms with Crippen LogP contribution in [0.25, 0.3) is 11.6 Å². The summed E-state index contributed by atoms with van der Waals surface area (Å²) in [4.78, 5) is 22.2. The number of nitrogens with one attached hydrogen (secondary N) is 1. The van der Waals surface area contributed by atoms with E-state index in [1.165, 1.54) is 0 Å². The molecule has 1 N–H and O–H groups in total. The molecule has 1 aliphatic rings. The van der Waals surface area contributed by atoms with Crippen molar-refractivity contribution in [2.75, 3.05) is 13.2 Å². The maximum Gasteiger partial charge on any atom is 0.254 e. The molecule has 6 heteroatoms. The fourth-order valence-electron chi connectivity index (χ4n) is 3.33. The molecule has 4 rings (SSSR count). The van der Waals surface area contributed by atoms with Gasteiger partial charge in [0.25, 0.3) is 5.56 Å². The van der Waals surface area contributed by atoms with Crippen LogP contribution in [0, 0.1) is 0 Å². The van der Waals surface area contributed by atoms with E-state index < -0.39 is 0 Å². The van der Waals surface area contributed by atoms with Gasteiger partial charge in [-0.2, -0.15) is 0 Å².